The first-order valence-electron chi connectivity index (χ1n) is 6.79. The van der Waals surface area contributed by atoms with E-state index in [9.17, 15) is 0 Å². The Bertz CT molecular complexity index is 427. The Morgan fingerprint density at radius 2 is 2.05 bits per heavy atom. The average Bonchev–Trinajstić information content (AvgIpc) is 2.49. The molecule has 20 heavy (non-hydrogen) atoms. The van der Waals surface area contributed by atoms with E-state index >= 15 is 0 Å². The van der Waals surface area contributed by atoms with Crippen LogP contribution in [-0.2, 0) is 4.74 Å². The Kier molecular flexibility index (Phi) is 5.64. The van der Waals surface area contributed by atoms with Crippen LogP contribution in [0.15, 0.2) is 29.3 Å². The quantitative estimate of drug-likeness (QED) is 0.614. The van der Waals surface area contributed by atoms with Gasteiger partial charge in [0.15, 0.2) is 5.96 Å². The Morgan fingerprint density at radius 3 is 2.70 bits per heavy atom. The van der Waals surface area contributed by atoms with Gasteiger partial charge in [0, 0.05) is 25.3 Å². The Hall–Kier alpha value is -1.79. The molecule has 1 aliphatic heterocycles. The maximum atomic E-state index is 5.86. The van der Waals surface area contributed by atoms with Gasteiger partial charge in [-0.05, 0) is 24.3 Å². The summed E-state index contributed by atoms with van der Waals surface area (Å²) in [5, 5.41) is 3.06. The van der Waals surface area contributed by atoms with Gasteiger partial charge < -0.3 is 20.5 Å². The van der Waals surface area contributed by atoms with E-state index in [0.29, 0.717) is 12.5 Å². The number of aliphatic imine (C=N–C) groups is 1. The standard InChI is InChI=1S/C14H22N4O2/c1-19-13-4-2-12(3-5-13)17-14(15)16-6-7-18-8-10-20-11-9-18/h2-5H,6-11H2,1H3,(H3,15,16,17). The van der Waals surface area contributed by atoms with Gasteiger partial charge in [0.25, 0.3) is 0 Å². The molecule has 6 nitrogen and oxygen atoms in total. The van der Waals surface area contributed by atoms with Crippen molar-refractivity contribution in [2.75, 3.05) is 51.8 Å². The van der Waals surface area contributed by atoms with Crippen molar-refractivity contribution in [3.63, 3.8) is 0 Å². The van der Waals surface area contributed by atoms with Crippen LogP contribution in [0.25, 0.3) is 0 Å². The molecule has 3 N–H and O–H groups in total. The van der Waals surface area contributed by atoms with E-state index in [2.05, 4.69) is 15.2 Å². The monoisotopic (exact) mass is 278 g/mol. The highest BCUT2D eigenvalue weighted by molar-refractivity contribution is 5.92. The molecule has 110 valence electrons. The molecule has 2 rings (SSSR count). The number of nitrogens with one attached hydrogen (secondary N) is 1. The predicted molar refractivity (Wildman–Crippen MR) is 80.4 cm³/mol. The smallest absolute Gasteiger partial charge is 0.193 e. The lowest BCUT2D eigenvalue weighted by Gasteiger charge is -2.25. The van der Waals surface area contributed by atoms with Crippen LogP contribution in [0, 0.1) is 0 Å². The van der Waals surface area contributed by atoms with Crippen molar-refractivity contribution in [2.45, 2.75) is 0 Å². The van der Waals surface area contributed by atoms with Crippen LogP contribution in [0.1, 0.15) is 0 Å². The minimum atomic E-state index is 0.434. The van der Waals surface area contributed by atoms with E-state index < -0.39 is 0 Å². The molecule has 0 saturated carbocycles. The summed E-state index contributed by atoms with van der Waals surface area (Å²) in [5.41, 5.74) is 6.76. The van der Waals surface area contributed by atoms with Crippen LogP contribution in [0.4, 0.5) is 5.69 Å². The Labute approximate surface area is 119 Å². The number of ether oxygens (including phenoxy) is 2. The minimum absolute atomic E-state index is 0.434. The average molecular weight is 278 g/mol. The molecule has 1 aromatic rings. The number of guanidine groups is 1. The van der Waals surface area contributed by atoms with Gasteiger partial charge in [-0.3, -0.25) is 9.89 Å². The van der Waals surface area contributed by atoms with Gasteiger partial charge in [-0.2, -0.15) is 0 Å². The molecule has 0 unspecified atom stereocenters. The van der Waals surface area contributed by atoms with Crippen molar-refractivity contribution in [3.8, 4) is 5.75 Å². The van der Waals surface area contributed by atoms with Crippen molar-refractivity contribution in [1.29, 1.82) is 0 Å². The van der Waals surface area contributed by atoms with Gasteiger partial charge >= 0.3 is 0 Å². The van der Waals surface area contributed by atoms with E-state index in [1.807, 2.05) is 24.3 Å². The van der Waals surface area contributed by atoms with Gasteiger partial charge in [0.05, 0.1) is 26.9 Å². The second-order valence-electron chi connectivity index (χ2n) is 4.57. The van der Waals surface area contributed by atoms with E-state index in [1.165, 1.54) is 0 Å². The maximum absolute atomic E-state index is 5.86. The van der Waals surface area contributed by atoms with Crippen LogP contribution in [0.2, 0.25) is 0 Å². The first-order chi connectivity index (χ1) is 9.78. The second-order valence-corrected chi connectivity index (χ2v) is 4.57. The topological polar surface area (TPSA) is 72.1 Å². The van der Waals surface area contributed by atoms with Gasteiger partial charge in [-0.25, -0.2) is 0 Å². The summed E-state index contributed by atoms with van der Waals surface area (Å²) >= 11 is 0. The molecule has 1 aliphatic rings. The molecule has 1 fully saturated rings. The number of anilines is 1. The molecule has 0 aromatic heterocycles. The summed E-state index contributed by atoms with van der Waals surface area (Å²) in [7, 11) is 1.64. The summed E-state index contributed by atoms with van der Waals surface area (Å²) in [6, 6.07) is 7.57. The van der Waals surface area contributed by atoms with Crippen LogP contribution < -0.4 is 15.8 Å². The first-order valence-corrected chi connectivity index (χ1v) is 6.79. The van der Waals surface area contributed by atoms with E-state index in [0.717, 1.165) is 44.3 Å². The number of benzene rings is 1. The number of hydrogen-bond donors (Lipinski definition) is 2. The number of hydrogen-bond acceptors (Lipinski definition) is 4. The van der Waals surface area contributed by atoms with Crippen molar-refractivity contribution in [2.24, 2.45) is 10.7 Å². The van der Waals surface area contributed by atoms with E-state index in [1.54, 1.807) is 7.11 Å². The van der Waals surface area contributed by atoms with Crippen LogP contribution in [-0.4, -0.2) is 57.4 Å². The van der Waals surface area contributed by atoms with Gasteiger partial charge in [-0.1, -0.05) is 0 Å². The molecular formula is C14H22N4O2. The first kappa shape index (κ1) is 14.6. The summed E-state index contributed by atoms with van der Waals surface area (Å²) in [4.78, 5) is 6.65. The zero-order valence-corrected chi connectivity index (χ0v) is 11.8. The predicted octanol–water partition coefficient (Wildman–Crippen LogP) is 0.754. The molecule has 0 bridgehead atoms. The summed E-state index contributed by atoms with van der Waals surface area (Å²) in [5.74, 6) is 1.25. The normalized spacial score (nSPS) is 16.9. The van der Waals surface area contributed by atoms with Gasteiger partial charge in [-0.15, -0.1) is 0 Å². The Balaban J connectivity index is 1.74. The fourth-order valence-electron chi connectivity index (χ4n) is 2.00. The van der Waals surface area contributed by atoms with Gasteiger partial charge in [0.2, 0.25) is 0 Å². The highest BCUT2D eigenvalue weighted by Crippen LogP contribution is 2.14. The molecule has 1 aromatic carbocycles. The van der Waals surface area contributed by atoms with Crippen LogP contribution in [0.3, 0.4) is 0 Å². The largest absolute Gasteiger partial charge is 0.497 e. The summed E-state index contributed by atoms with van der Waals surface area (Å²) < 4.78 is 10.4. The summed E-state index contributed by atoms with van der Waals surface area (Å²) in [6.45, 7) is 5.17. The third-order valence-electron chi connectivity index (χ3n) is 3.16. The lowest BCUT2D eigenvalue weighted by molar-refractivity contribution is 0.0394. The van der Waals surface area contributed by atoms with E-state index in [-0.39, 0.29) is 0 Å². The molecule has 0 amide bonds. The molecule has 1 saturated heterocycles. The number of nitrogens with zero attached hydrogens (tertiary/aromatic N) is 2. The molecule has 0 aliphatic carbocycles. The zero-order chi connectivity index (χ0) is 14.2. The fraction of sp³-hybridized carbons (Fsp3) is 0.500. The second kappa shape index (κ2) is 7.72. The minimum Gasteiger partial charge on any atom is -0.497 e. The van der Waals surface area contributed by atoms with Crippen molar-refractivity contribution in [3.05, 3.63) is 24.3 Å². The maximum Gasteiger partial charge on any atom is 0.193 e. The number of rotatable bonds is 5. The third-order valence-corrected chi connectivity index (χ3v) is 3.16. The fourth-order valence-corrected chi connectivity index (χ4v) is 2.00. The van der Waals surface area contributed by atoms with Crippen LogP contribution in [0.5, 0.6) is 5.75 Å². The van der Waals surface area contributed by atoms with Crippen molar-refractivity contribution < 1.29 is 9.47 Å². The molecule has 0 atom stereocenters. The molecule has 0 spiro atoms. The number of morpholine rings is 1. The lowest BCUT2D eigenvalue weighted by Crippen LogP contribution is -2.38. The molecular weight excluding hydrogens is 256 g/mol. The molecule has 1 heterocycles. The number of methoxy groups -OCH3 is 1. The van der Waals surface area contributed by atoms with Gasteiger partial charge in [0.1, 0.15) is 5.75 Å². The Morgan fingerprint density at radius 1 is 1.35 bits per heavy atom. The number of nitrogens with two attached hydrogens (primary N) is 1. The van der Waals surface area contributed by atoms with E-state index in [4.69, 9.17) is 15.2 Å². The highest BCUT2D eigenvalue weighted by Gasteiger charge is 2.08. The lowest BCUT2D eigenvalue weighted by atomic mass is 10.3. The van der Waals surface area contributed by atoms with Crippen molar-refractivity contribution in [1.82, 2.24) is 4.90 Å². The highest BCUT2D eigenvalue weighted by atomic mass is 16.5. The van der Waals surface area contributed by atoms with Crippen LogP contribution >= 0.6 is 0 Å². The zero-order valence-electron chi connectivity index (χ0n) is 11.8. The third kappa shape index (κ3) is 4.71. The molecule has 0 radical (unpaired) electrons. The summed E-state index contributed by atoms with van der Waals surface area (Å²) in [6.07, 6.45) is 0. The molecule has 6 heteroatoms. The van der Waals surface area contributed by atoms with Crippen molar-refractivity contribution >= 4 is 11.6 Å². The SMILES string of the molecule is COc1ccc(NC(N)=NCCN2CCOCC2)cc1.